The zero-order valence-electron chi connectivity index (χ0n) is 9.38. The minimum atomic E-state index is -0.480. The van der Waals surface area contributed by atoms with Gasteiger partial charge in [0.05, 0.1) is 16.6 Å². The minimum Gasteiger partial charge on any atom is -0.273 e. The molecule has 94 valence electrons. The van der Waals surface area contributed by atoms with Gasteiger partial charge in [0, 0.05) is 29.8 Å². The summed E-state index contributed by atoms with van der Waals surface area (Å²) in [6.45, 7) is 0. The van der Waals surface area contributed by atoms with Gasteiger partial charge in [-0.05, 0) is 12.5 Å². The van der Waals surface area contributed by atoms with E-state index in [-0.39, 0.29) is 11.6 Å². The maximum Gasteiger partial charge on any atom is 0.270 e. The van der Waals surface area contributed by atoms with Crippen LogP contribution in [0.3, 0.4) is 0 Å². The summed E-state index contributed by atoms with van der Waals surface area (Å²) < 4.78 is 1.26. The average Bonchev–Trinajstić information content (AvgIpc) is 2.78. The second kappa shape index (κ2) is 5.14. The highest BCUT2D eigenvalue weighted by atomic mass is 35.5. The van der Waals surface area contributed by atoms with Crippen molar-refractivity contribution in [3.63, 3.8) is 0 Å². The van der Waals surface area contributed by atoms with Crippen LogP contribution in [0.1, 0.15) is 17.6 Å². The number of carbonyl (C=O) groups is 1. The number of halogens is 1. The fraction of sp³-hybridized carbons (Fsp3) is 0.273. The normalized spacial score (nSPS) is 10.7. The number of aromatic nitrogens is 2. The number of rotatable bonds is 4. The molecular weight excluding hydrogens is 258 g/mol. The molecule has 0 aliphatic heterocycles. The Morgan fingerprint density at radius 2 is 2.28 bits per heavy atom. The molecule has 1 heterocycles. The smallest absolute Gasteiger partial charge is 0.270 e. The quantitative estimate of drug-likeness (QED) is 0.484. The van der Waals surface area contributed by atoms with Gasteiger partial charge < -0.3 is 0 Å². The van der Waals surface area contributed by atoms with Crippen LogP contribution in [0.25, 0.3) is 10.9 Å². The van der Waals surface area contributed by atoms with Crippen LogP contribution in [0.5, 0.6) is 0 Å². The number of hydrogen-bond donors (Lipinski definition) is 0. The molecule has 0 saturated carbocycles. The van der Waals surface area contributed by atoms with E-state index in [0.29, 0.717) is 29.6 Å². The highest BCUT2D eigenvalue weighted by molar-refractivity contribution is 6.17. The topological polar surface area (TPSA) is 78.0 Å². The van der Waals surface area contributed by atoms with Crippen LogP contribution in [-0.4, -0.2) is 26.5 Å². The maximum atomic E-state index is 11.8. The predicted octanol–water partition coefficient (Wildman–Crippen LogP) is 2.60. The predicted molar refractivity (Wildman–Crippen MR) is 67.0 cm³/mol. The van der Waals surface area contributed by atoms with Crippen LogP contribution < -0.4 is 0 Å². The summed E-state index contributed by atoms with van der Waals surface area (Å²) >= 11 is 5.52. The number of nitro groups is 1. The largest absolute Gasteiger partial charge is 0.273 e. The highest BCUT2D eigenvalue weighted by Gasteiger charge is 2.13. The molecule has 2 rings (SSSR count). The van der Waals surface area contributed by atoms with E-state index in [1.54, 1.807) is 0 Å². The third-order valence-electron chi connectivity index (χ3n) is 2.52. The molecule has 2 aromatic rings. The van der Waals surface area contributed by atoms with Crippen molar-refractivity contribution in [1.82, 2.24) is 9.78 Å². The first kappa shape index (κ1) is 12.5. The Hall–Kier alpha value is -1.95. The summed E-state index contributed by atoms with van der Waals surface area (Å²) in [6.07, 6.45) is 2.33. The van der Waals surface area contributed by atoms with Gasteiger partial charge >= 0.3 is 0 Å². The fourth-order valence-electron chi connectivity index (χ4n) is 1.66. The van der Waals surface area contributed by atoms with Gasteiger partial charge in [-0.25, -0.2) is 4.68 Å². The molecule has 0 aliphatic rings. The summed E-state index contributed by atoms with van der Waals surface area (Å²) in [6, 6.07) is 4.28. The Balaban J connectivity index is 2.37. The van der Waals surface area contributed by atoms with Crippen LogP contribution >= 0.6 is 11.6 Å². The third-order valence-corrected chi connectivity index (χ3v) is 2.79. The third kappa shape index (κ3) is 2.33. The molecule has 0 aliphatic carbocycles. The van der Waals surface area contributed by atoms with Gasteiger partial charge in [-0.1, -0.05) is 0 Å². The van der Waals surface area contributed by atoms with Crippen molar-refractivity contribution in [1.29, 1.82) is 0 Å². The first-order valence-corrected chi connectivity index (χ1v) is 5.88. The monoisotopic (exact) mass is 267 g/mol. The molecule has 18 heavy (non-hydrogen) atoms. The van der Waals surface area contributed by atoms with E-state index in [1.807, 2.05) is 0 Å². The molecule has 0 unspecified atom stereocenters. The molecule has 6 nitrogen and oxygen atoms in total. The summed E-state index contributed by atoms with van der Waals surface area (Å²) in [5.41, 5.74) is 0.551. The summed E-state index contributed by atoms with van der Waals surface area (Å²) in [5, 5.41) is 15.1. The van der Waals surface area contributed by atoms with Gasteiger partial charge in [0.15, 0.2) is 0 Å². The molecule has 0 atom stereocenters. The van der Waals surface area contributed by atoms with Gasteiger partial charge in [0.25, 0.3) is 5.69 Å². The number of benzene rings is 1. The van der Waals surface area contributed by atoms with E-state index in [9.17, 15) is 14.9 Å². The molecule has 7 heteroatoms. The summed E-state index contributed by atoms with van der Waals surface area (Å²) in [7, 11) is 0. The van der Waals surface area contributed by atoms with Crippen LogP contribution in [0, 0.1) is 10.1 Å². The van der Waals surface area contributed by atoms with E-state index in [1.165, 1.54) is 29.1 Å². The van der Waals surface area contributed by atoms with Crippen LogP contribution in [-0.2, 0) is 0 Å². The molecule has 1 aromatic heterocycles. The molecule has 0 amide bonds. The van der Waals surface area contributed by atoms with Crippen molar-refractivity contribution in [3.05, 3.63) is 34.5 Å². The lowest BCUT2D eigenvalue weighted by atomic mass is 10.2. The van der Waals surface area contributed by atoms with E-state index < -0.39 is 4.92 Å². The Morgan fingerprint density at radius 3 is 2.94 bits per heavy atom. The van der Waals surface area contributed by atoms with Gasteiger partial charge in [0.1, 0.15) is 0 Å². The molecule has 0 spiro atoms. The van der Waals surface area contributed by atoms with Crippen LogP contribution in [0.2, 0.25) is 0 Å². The number of non-ortho nitro benzene ring substituents is 1. The standard InChI is InChI=1S/C11H10ClN3O3/c12-5-1-2-11(16)14-10-4-3-9(15(17)18)6-8(10)7-13-14/h3-4,6-7H,1-2,5H2. The van der Waals surface area contributed by atoms with E-state index >= 15 is 0 Å². The van der Waals surface area contributed by atoms with Gasteiger partial charge in [-0.3, -0.25) is 14.9 Å². The van der Waals surface area contributed by atoms with Gasteiger partial charge in [-0.15, -0.1) is 11.6 Å². The lowest BCUT2D eigenvalue weighted by Crippen LogP contribution is -2.11. The number of carbonyl (C=O) groups excluding carboxylic acids is 1. The van der Waals surface area contributed by atoms with Crippen molar-refractivity contribution in [2.45, 2.75) is 12.8 Å². The van der Waals surface area contributed by atoms with Crippen molar-refractivity contribution in [2.24, 2.45) is 0 Å². The van der Waals surface area contributed by atoms with Gasteiger partial charge in [0.2, 0.25) is 5.91 Å². The molecule has 0 radical (unpaired) electrons. The number of hydrogen-bond acceptors (Lipinski definition) is 4. The van der Waals surface area contributed by atoms with E-state index in [4.69, 9.17) is 11.6 Å². The van der Waals surface area contributed by atoms with Crippen molar-refractivity contribution < 1.29 is 9.72 Å². The summed E-state index contributed by atoms with van der Waals surface area (Å²) in [5.74, 6) is 0.246. The second-order valence-corrected chi connectivity index (χ2v) is 4.12. The molecule has 0 saturated heterocycles. The second-order valence-electron chi connectivity index (χ2n) is 3.74. The summed E-state index contributed by atoms with van der Waals surface area (Å²) in [4.78, 5) is 21.9. The first-order chi connectivity index (χ1) is 8.63. The average molecular weight is 268 g/mol. The zero-order chi connectivity index (χ0) is 13.1. The van der Waals surface area contributed by atoms with Crippen molar-refractivity contribution in [3.8, 4) is 0 Å². The Labute approximate surface area is 107 Å². The van der Waals surface area contributed by atoms with Crippen molar-refractivity contribution in [2.75, 3.05) is 5.88 Å². The Kier molecular flexibility index (Phi) is 3.57. The molecule has 0 N–H and O–H groups in total. The van der Waals surface area contributed by atoms with E-state index in [0.717, 1.165) is 0 Å². The fourth-order valence-corrected chi connectivity index (χ4v) is 1.79. The number of alkyl halides is 1. The number of fused-ring (bicyclic) bond motifs is 1. The minimum absolute atomic E-state index is 0.0183. The molecule has 1 aromatic carbocycles. The number of nitro benzene ring substituents is 1. The maximum absolute atomic E-state index is 11.8. The number of nitrogens with zero attached hydrogens (tertiary/aromatic N) is 3. The lowest BCUT2D eigenvalue weighted by Gasteiger charge is -2.00. The van der Waals surface area contributed by atoms with Crippen molar-refractivity contribution >= 4 is 34.1 Å². The Bertz CT molecular complexity index is 609. The molecule has 0 bridgehead atoms. The zero-order valence-corrected chi connectivity index (χ0v) is 10.1. The molecular formula is C11H10ClN3O3. The SMILES string of the molecule is O=C(CCCCl)n1ncc2cc([N+](=O)[O-])ccc21. The highest BCUT2D eigenvalue weighted by Crippen LogP contribution is 2.20. The first-order valence-electron chi connectivity index (χ1n) is 5.35. The van der Waals surface area contributed by atoms with Gasteiger partial charge in [-0.2, -0.15) is 5.10 Å². The molecule has 0 fully saturated rings. The lowest BCUT2D eigenvalue weighted by molar-refractivity contribution is -0.384. The van der Waals surface area contributed by atoms with Crippen LogP contribution in [0.15, 0.2) is 24.4 Å². The Morgan fingerprint density at radius 1 is 1.50 bits per heavy atom. The van der Waals surface area contributed by atoms with Crippen LogP contribution in [0.4, 0.5) is 5.69 Å². The van der Waals surface area contributed by atoms with E-state index in [2.05, 4.69) is 5.10 Å².